The molecule has 0 amide bonds. The van der Waals surface area contributed by atoms with Gasteiger partial charge in [-0.3, -0.25) is 9.59 Å². The summed E-state index contributed by atoms with van der Waals surface area (Å²) in [5, 5.41) is 0. The van der Waals surface area contributed by atoms with E-state index in [1.807, 2.05) is 13.8 Å². The highest BCUT2D eigenvalue weighted by atomic mass is 16.6. The molecule has 0 aromatic carbocycles. The Bertz CT molecular complexity index is 245. The van der Waals surface area contributed by atoms with Crippen LogP contribution >= 0.6 is 0 Å². The van der Waals surface area contributed by atoms with Crippen LogP contribution in [-0.4, -0.2) is 11.9 Å². The van der Waals surface area contributed by atoms with Crippen molar-refractivity contribution < 1.29 is 14.3 Å². The normalized spacial score (nSPS) is 29.5. The highest BCUT2D eigenvalue weighted by molar-refractivity contribution is 5.96. The van der Waals surface area contributed by atoms with Crippen LogP contribution < -0.4 is 0 Å². The lowest BCUT2D eigenvalue weighted by molar-refractivity contribution is -0.154. The van der Waals surface area contributed by atoms with Crippen molar-refractivity contribution in [2.45, 2.75) is 34.1 Å². The Morgan fingerprint density at radius 1 is 1.21 bits per heavy atom. The molecular formula is C11H18O3. The summed E-state index contributed by atoms with van der Waals surface area (Å²) < 4.78 is 4.67. The maximum atomic E-state index is 11.5. The molecule has 1 heterocycles. The molecule has 0 saturated carbocycles. The molecule has 0 spiro atoms. The molecule has 0 aliphatic carbocycles. The Kier molecular flexibility index (Phi) is 3.29. The van der Waals surface area contributed by atoms with E-state index in [-0.39, 0.29) is 29.7 Å². The van der Waals surface area contributed by atoms with Crippen molar-refractivity contribution in [3.63, 3.8) is 0 Å². The first-order valence-corrected chi connectivity index (χ1v) is 5.24. The molecule has 3 heteroatoms. The van der Waals surface area contributed by atoms with Crippen LogP contribution in [0.1, 0.15) is 34.1 Å². The fraction of sp³-hybridized carbons (Fsp3) is 0.818. The van der Waals surface area contributed by atoms with Gasteiger partial charge in [-0.25, -0.2) is 0 Å². The summed E-state index contributed by atoms with van der Waals surface area (Å²) in [5.41, 5.74) is 0. The maximum Gasteiger partial charge on any atom is 0.317 e. The van der Waals surface area contributed by atoms with Crippen LogP contribution in [0.3, 0.4) is 0 Å². The van der Waals surface area contributed by atoms with E-state index in [2.05, 4.69) is 18.6 Å². The van der Waals surface area contributed by atoms with Crippen LogP contribution in [0.2, 0.25) is 0 Å². The first kappa shape index (κ1) is 11.2. The molecule has 1 aliphatic heterocycles. The number of esters is 2. The van der Waals surface area contributed by atoms with Crippen molar-refractivity contribution in [2.75, 3.05) is 0 Å². The average molecular weight is 198 g/mol. The van der Waals surface area contributed by atoms with Gasteiger partial charge in [0.05, 0.1) is 11.8 Å². The van der Waals surface area contributed by atoms with Gasteiger partial charge in [-0.15, -0.1) is 0 Å². The maximum absolute atomic E-state index is 11.5. The van der Waals surface area contributed by atoms with E-state index in [4.69, 9.17) is 0 Å². The number of hydrogen-bond acceptors (Lipinski definition) is 3. The molecule has 3 unspecified atom stereocenters. The third-order valence-corrected chi connectivity index (χ3v) is 3.27. The summed E-state index contributed by atoms with van der Waals surface area (Å²) in [5.74, 6) is -0.517. The van der Waals surface area contributed by atoms with Gasteiger partial charge in [0.1, 0.15) is 0 Å². The Labute approximate surface area is 84.8 Å². The molecule has 0 N–H and O–H groups in total. The number of rotatable bonds is 3. The number of hydrogen-bond donors (Lipinski definition) is 0. The SMILES string of the molecule is CCC1C(=O)OC(=O)C1C(C)C(C)C. The first-order valence-electron chi connectivity index (χ1n) is 5.24. The lowest BCUT2D eigenvalue weighted by Crippen LogP contribution is -2.27. The Hall–Kier alpha value is -0.860. The molecule has 0 bridgehead atoms. The molecule has 0 aromatic rings. The van der Waals surface area contributed by atoms with Gasteiger partial charge >= 0.3 is 11.9 Å². The summed E-state index contributed by atoms with van der Waals surface area (Å²) in [6.45, 7) is 8.06. The molecule has 1 aliphatic rings. The van der Waals surface area contributed by atoms with Crippen LogP contribution in [0.5, 0.6) is 0 Å². The Morgan fingerprint density at radius 2 is 1.79 bits per heavy atom. The summed E-state index contributed by atoms with van der Waals surface area (Å²) in [6, 6.07) is 0. The molecule has 14 heavy (non-hydrogen) atoms. The van der Waals surface area contributed by atoms with Crippen LogP contribution in [0, 0.1) is 23.7 Å². The zero-order valence-corrected chi connectivity index (χ0v) is 9.24. The second-order valence-corrected chi connectivity index (χ2v) is 4.38. The molecule has 80 valence electrons. The second kappa shape index (κ2) is 4.11. The van der Waals surface area contributed by atoms with E-state index >= 15 is 0 Å². The molecular weight excluding hydrogens is 180 g/mol. The van der Waals surface area contributed by atoms with Crippen molar-refractivity contribution >= 4 is 11.9 Å². The van der Waals surface area contributed by atoms with Crippen LogP contribution in [0.25, 0.3) is 0 Å². The Balaban J connectivity index is 2.84. The van der Waals surface area contributed by atoms with Gasteiger partial charge in [-0.2, -0.15) is 0 Å². The topological polar surface area (TPSA) is 43.4 Å². The number of ether oxygens (including phenoxy) is 1. The molecule has 0 radical (unpaired) electrons. The summed E-state index contributed by atoms with van der Waals surface area (Å²) in [6.07, 6.45) is 0.687. The highest BCUT2D eigenvalue weighted by Gasteiger charge is 2.46. The molecule has 1 fully saturated rings. The smallest absolute Gasteiger partial charge is 0.317 e. The zero-order valence-electron chi connectivity index (χ0n) is 9.24. The summed E-state index contributed by atoms with van der Waals surface area (Å²) in [4.78, 5) is 22.8. The largest absolute Gasteiger partial charge is 0.393 e. The highest BCUT2D eigenvalue weighted by Crippen LogP contribution is 2.35. The van der Waals surface area contributed by atoms with Crippen molar-refractivity contribution in [1.29, 1.82) is 0 Å². The zero-order chi connectivity index (χ0) is 10.9. The standard InChI is InChI=1S/C11H18O3/c1-5-8-9(7(4)6(2)3)11(13)14-10(8)12/h6-9H,5H2,1-4H3. The molecule has 1 saturated heterocycles. The molecule has 3 nitrogen and oxygen atoms in total. The predicted octanol–water partition coefficient (Wildman–Crippen LogP) is 2.00. The molecule has 0 aromatic heterocycles. The van der Waals surface area contributed by atoms with Gasteiger partial charge in [-0.05, 0) is 18.3 Å². The summed E-state index contributed by atoms with van der Waals surface area (Å²) in [7, 11) is 0. The van der Waals surface area contributed by atoms with E-state index in [0.29, 0.717) is 12.3 Å². The van der Waals surface area contributed by atoms with Crippen LogP contribution in [-0.2, 0) is 14.3 Å². The van der Waals surface area contributed by atoms with Crippen LogP contribution in [0.15, 0.2) is 0 Å². The van der Waals surface area contributed by atoms with Crippen molar-refractivity contribution in [3.8, 4) is 0 Å². The lowest BCUT2D eigenvalue weighted by atomic mass is 9.77. The fourth-order valence-corrected chi connectivity index (χ4v) is 1.97. The van der Waals surface area contributed by atoms with Gasteiger partial charge in [0, 0.05) is 0 Å². The molecule has 1 rings (SSSR count). The van der Waals surface area contributed by atoms with E-state index in [9.17, 15) is 9.59 Å². The van der Waals surface area contributed by atoms with Crippen molar-refractivity contribution in [1.82, 2.24) is 0 Å². The van der Waals surface area contributed by atoms with E-state index in [0.717, 1.165) is 0 Å². The number of carbonyl (C=O) groups excluding carboxylic acids is 2. The second-order valence-electron chi connectivity index (χ2n) is 4.38. The van der Waals surface area contributed by atoms with Gasteiger partial charge < -0.3 is 4.74 Å². The summed E-state index contributed by atoms with van der Waals surface area (Å²) >= 11 is 0. The monoisotopic (exact) mass is 198 g/mol. The number of cyclic esters (lactones) is 2. The minimum Gasteiger partial charge on any atom is -0.393 e. The Morgan fingerprint density at radius 3 is 2.21 bits per heavy atom. The van der Waals surface area contributed by atoms with Gasteiger partial charge in [0.2, 0.25) is 0 Å². The minimum absolute atomic E-state index is 0.207. The van der Waals surface area contributed by atoms with Crippen molar-refractivity contribution in [2.24, 2.45) is 23.7 Å². The third-order valence-electron chi connectivity index (χ3n) is 3.27. The van der Waals surface area contributed by atoms with Gasteiger partial charge in [-0.1, -0.05) is 27.7 Å². The van der Waals surface area contributed by atoms with Gasteiger partial charge in [0.15, 0.2) is 0 Å². The quantitative estimate of drug-likeness (QED) is 0.514. The number of carbonyl (C=O) groups is 2. The van der Waals surface area contributed by atoms with E-state index < -0.39 is 0 Å². The van der Waals surface area contributed by atoms with E-state index in [1.165, 1.54) is 0 Å². The first-order chi connectivity index (χ1) is 6.49. The van der Waals surface area contributed by atoms with Crippen LogP contribution in [0.4, 0.5) is 0 Å². The minimum atomic E-state index is -0.338. The third kappa shape index (κ3) is 1.81. The van der Waals surface area contributed by atoms with Crippen molar-refractivity contribution in [3.05, 3.63) is 0 Å². The molecule has 3 atom stereocenters. The lowest BCUT2D eigenvalue weighted by Gasteiger charge is -2.22. The fourth-order valence-electron chi connectivity index (χ4n) is 1.97. The predicted molar refractivity (Wildman–Crippen MR) is 52.4 cm³/mol. The average Bonchev–Trinajstić information content (AvgIpc) is 2.38. The van der Waals surface area contributed by atoms with Gasteiger partial charge in [0.25, 0.3) is 0 Å². The van der Waals surface area contributed by atoms with E-state index in [1.54, 1.807) is 0 Å².